The molecule has 2 heterocycles. The van der Waals surface area contributed by atoms with E-state index in [1.165, 1.54) is 0 Å². The molecule has 29 heavy (non-hydrogen) atoms. The minimum Gasteiger partial charge on any atom is -0.378 e. The quantitative estimate of drug-likeness (QED) is 0.697. The summed E-state index contributed by atoms with van der Waals surface area (Å²) in [6.07, 6.45) is 0.184. The van der Waals surface area contributed by atoms with Crippen LogP contribution in [0.25, 0.3) is 11.0 Å². The topological polar surface area (TPSA) is 68.5 Å². The van der Waals surface area contributed by atoms with Crippen LogP contribution >= 0.6 is 11.6 Å². The molecular formula is C21H23ClN4O3. The van der Waals surface area contributed by atoms with E-state index in [9.17, 15) is 9.59 Å². The lowest BCUT2D eigenvalue weighted by Gasteiger charge is -2.31. The molecule has 4 rings (SSSR count). The Balaban J connectivity index is 1.51. The van der Waals surface area contributed by atoms with Crippen LogP contribution in [-0.2, 0) is 23.1 Å². The summed E-state index contributed by atoms with van der Waals surface area (Å²) < 4.78 is 8.64. The minimum absolute atomic E-state index is 0.129. The molecule has 7 nitrogen and oxygen atoms in total. The average Bonchev–Trinajstić information content (AvgIpc) is 2.98. The first kappa shape index (κ1) is 19.5. The Kier molecular flexibility index (Phi) is 5.60. The molecule has 0 atom stereocenters. The first-order valence-electron chi connectivity index (χ1n) is 9.61. The maximum Gasteiger partial charge on any atom is 0.328 e. The van der Waals surface area contributed by atoms with Gasteiger partial charge in [-0.1, -0.05) is 29.8 Å². The van der Waals surface area contributed by atoms with Gasteiger partial charge in [0.1, 0.15) is 0 Å². The zero-order valence-corrected chi connectivity index (χ0v) is 17.0. The fourth-order valence-corrected chi connectivity index (χ4v) is 4.02. The summed E-state index contributed by atoms with van der Waals surface area (Å²) in [5, 5.41) is 3.56. The van der Waals surface area contributed by atoms with E-state index in [1.54, 1.807) is 16.2 Å². The van der Waals surface area contributed by atoms with Crippen molar-refractivity contribution < 1.29 is 9.53 Å². The predicted molar refractivity (Wildman–Crippen MR) is 115 cm³/mol. The van der Waals surface area contributed by atoms with Crippen LogP contribution in [0.15, 0.2) is 47.3 Å². The molecule has 0 radical (unpaired) electrons. The van der Waals surface area contributed by atoms with E-state index >= 15 is 0 Å². The van der Waals surface area contributed by atoms with Crippen LogP contribution in [0.4, 0.5) is 11.4 Å². The van der Waals surface area contributed by atoms with Crippen LogP contribution in [-0.4, -0.2) is 41.3 Å². The van der Waals surface area contributed by atoms with Gasteiger partial charge >= 0.3 is 5.69 Å². The molecular weight excluding hydrogens is 392 g/mol. The molecule has 0 bridgehead atoms. The number of fused-ring (bicyclic) bond motifs is 1. The van der Waals surface area contributed by atoms with E-state index in [1.807, 2.05) is 42.5 Å². The second kappa shape index (κ2) is 8.31. The maximum absolute atomic E-state index is 12.7. The first-order valence-corrected chi connectivity index (χ1v) is 9.99. The Morgan fingerprint density at radius 1 is 1.10 bits per heavy atom. The number of ether oxygens (including phenoxy) is 1. The second-order valence-corrected chi connectivity index (χ2v) is 7.42. The van der Waals surface area contributed by atoms with Crippen LogP contribution in [0.3, 0.4) is 0 Å². The number of imidazole rings is 1. The van der Waals surface area contributed by atoms with E-state index in [4.69, 9.17) is 16.3 Å². The lowest BCUT2D eigenvalue weighted by Crippen LogP contribution is -2.37. The molecule has 1 aliphatic heterocycles. The largest absolute Gasteiger partial charge is 0.378 e. The molecule has 0 aliphatic carbocycles. The predicted octanol–water partition coefficient (Wildman–Crippen LogP) is 2.86. The average molecular weight is 415 g/mol. The summed E-state index contributed by atoms with van der Waals surface area (Å²) in [4.78, 5) is 27.3. The van der Waals surface area contributed by atoms with Crippen molar-refractivity contribution in [3.8, 4) is 0 Å². The lowest BCUT2D eigenvalue weighted by molar-refractivity contribution is -0.116. The number of benzene rings is 2. The van der Waals surface area contributed by atoms with E-state index in [0.717, 1.165) is 29.8 Å². The number of para-hydroxylation sites is 3. The number of halogens is 1. The standard InChI is InChI=1S/C21H23ClN4O3/c1-24-17-7-2-3-8-18(17)26(21(24)28)10-9-19(27)23-16-6-4-5-15(22)20(16)25-11-13-29-14-12-25/h2-8H,9-14H2,1H3,(H,23,27). The zero-order chi connectivity index (χ0) is 20.4. The summed E-state index contributed by atoms with van der Waals surface area (Å²) in [6.45, 7) is 3.00. The van der Waals surface area contributed by atoms with Crippen LogP contribution in [0.1, 0.15) is 6.42 Å². The van der Waals surface area contributed by atoms with Crippen molar-refractivity contribution in [3.63, 3.8) is 0 Å². The Morgan fingerprint density at radius 3 is 2.59 bits per heavy atom. The minimum atomic E-state index is -0.165. The highest BCUT2D eigenvalue weighted by molar-refractivity contribution is 6.34. The van der Waals surface area contributed by atoms with Crippen LogP contribution in [0.5, 0.6) is 0 Å². The van der Waals surface area contributed by atoms with Gasteiger partial charge in [0.2, 0.25) is 5.91 Å². The maximum atomic E-state index is 12.7. The third kappa shape index (κ3) is 3.88. The molecule has 1 amide bonds. The van der Waals surface area contributed by atoms with Crippen LogP contribution in [0.2, 0.25) is 5.02 Å². The van der Waals surface area contributed by atoms with E-state index in [-0.39, 0.29) is 18.0 Å². The smallest absolute Gasteiger partial charge is 0.328 e. The molecule has 3 aromatic rings. The number of aryl methyl sites for hydroxylation is 2. The van der Waals surface area contributed by atoms with Gasteiger partial charge in [0, 0.05) is 33.1 Å². The van der Waals surface area contributed by atoms with Gasteiger partial charge in [0.05, 0.1) is 40.6 Å². The van der Waals surface area contributed by atoms with Gasteiger partial charge in [-0.25, -0.2) is 4.79 Å². The monoisotopic (exact) mass is 414 g/mol. The number of nitrogens with zero attached hydrogens (tertiary/aromatic N) is 3. The van der Waals surface area contributed by atoms with Gasteiger partial charge < -0.3 is 15.0 Å². The number of carbonyl (C=O) groups is 1. The molecule has 2 aromatic carbocycles. The SMILES string of the molecule is Cn1c(=O)n(CCC(=O)Nc2cccc(Cl)c2N2CCOCC2)c2ccccc21. The van der Waals surface area contributed by atoms with E-state index < -0.39 is 0 Å². The molecule has 1 aromatic heterocycles. The number of hydrogen-bond donors (Lipinski definition) is 1. The summed E-state index contributed by atoms with van der Waals surface area (Å²) >= 11 is 6.43. The lowest BCUT2D eigenvalue weighted by atomic mass is 10.2. The molecule has 1 N–H and O–H groups in total. The Morgan fingerprint density at radius 2 is 1.83 bits per heavy atom. The number of rotatable bonds is 5. The van der Waals surface area contributed by atoms with Crippen molar-refractivity contribution in [3.05, 3.63) is 58.0 Å². The highest BCUT2D eigenvalue weighted by Crippen LogP contribution is 2.34. The zero-order valence-electron chi connectivity index (χ0n) is 16.2. The van der Waals surface area contributed by atoms with Gasteiger partial charge in [-0.05, 0) is 24.3 Å². The number of carbonyl (C=O) groups excluding carboxylic acids is 1. The van der Waals surface area contributed by atoms with E-state index in [0.29, 0.717) is 30.5 Å². The normalized spacial score (nSPS) is 14.3. The summed E-state index contributed by atoms with van der Waals surface area (Å²) in [5.41, 5.74) is 3.03. The Labute approximate surface area is 173 Å². The van der Waals surface area contributed by atoms with Crippen LogP contribution in [0, 0.1) is 0 Å². The van der Waals surface area contributed by atoms with Gasteiger partial charge in [-0.3, -0.25) is 13.9 Å². The third-order valence-electron chi connectivity index (χ3n) is 5.20. The Hall–Kier alpha value is -2.77. The number of nitrogens with one attached hydrogen (secondary N) is 1. The van der Waals surface area contributed by atoms with Crippen molar-refractivity contribution >= 4 is 39.9 Å². The second-order valence-electron chi connectivity index (χ2n) is 7.02. The van der Waals surface area contributed by atoms with Gasteiger partial charge in [0.15, 0.2) is 0 Å². The van der Waals surface area contributed by atoms with Gasteiger partial charge in [-0.2, -0.15) is 0 Å². The molecule has 0 saturated carbocycles. The molecule has 1 aliphatic rings. The van der Waals surface area contributed by atoms with Crippen molar-refractivity contribution in [2.24, 2.45) is 7.05 Å². The van der Waals surface area contributed by atoms with Crippen LogP contribution < -0.4 is 15.9 Å². The fraction of sp³-hybridized carbons (Fsp3) is 0.333. The number of morpholine rings is 1. The van der Waals surface area contributed by atoms with Crippen molar-refractivity contribution in [1.82, 2.24) is 9.13 Å². The first-order chi connectivity index (χ1) is 14.1. The van der Waals surface area contributed by atoms with Gasteiger partial charge in [0.25, 0.3) is 0 Å². The molecule has 8 heteroatoms. The number of hydrogen-bond acceptors (Lipinski definition) is 4. The number of aromatic nitrogens is 2. The summed E-state index contributed by atoms with van der Waals surface area (Å²) in [7, 11) is 1.74. The highest BCUT2D eigenvalue weighted by atomic mass is 35.5. The summed E-state index contributed by atoms with van der Waals surface area (Å²) in [6, 6.07) is 13.0. The number of anilines is 2. The van der Waals surface area contributed by atoms with Gasteiger partial charge in [-0.15, -0.1) is 0 Å². The molecule has 152 valence electrons. The van der Waals surface area contributed by atoms with Crippen molar-refractivity contribution in [1.29, 1.82) is 0 Å². The third-order valence-corrected chi connectivity index (χ3v) is 5.51. The molecule has 0 unspecified atom stereocenters. The highest BCUT2D eigenvalue weighted by Gasteiger charge is 2.19. The number of amides is 1. The molecule has 1 saturated heterocycles. The molecule has 0 spiro atoms. The fourth-order valence-electron chi connectivity index (χ4n) is 3.73. The summed E-state index contributed by atoms with van der Waals surface area (Å²) in [5.74, 6) is -0.165. The van der Waals surface area contributed by atoms with Crippen molar-refractivity contribution in [2.75, 3.05) is 36.5 Å². The Bertz CT molecular complexity index is 1100. The van der Waals surface area contributed by atoms with Crippen molar-refractivity contribution in [2.45, 2.75) is 13.0 Å². The molecule has 1 fully saturated rings. The van der Waals surface area contributed by atoms with E-state index in [2.05, 4.69) is 10.2 Å².